The monoisotopic (exact) mass is 542 g/mol. The molecule has 208 valence electrons. The molecule has 0 aliphatic rings. The van der Waals surface area contributed by atoms with Gasteiger partial charge in [-0.2, -0.15) is 0 Å². The molecule has 1 aromatic heterocycles. The van der Waals surface area contributed by atoms with Crippen LogP contribution in [-0.2, 0) is 6.42 Å². The lowest BCUT2D eigenvalue weighted by Gasteiger charge is -2.16. The van der Waals surface area contributed by atoms with Crippen LogP contribution in [0.2, 0.25) is 0 Å². The topological polar surface area (TPSA) is 68.9 Å². The minimum absolute atomic E-state index is 0.00524. The summed E-state index contributed by atoms with van der Waals surface area (Å²) in [5.74, 6) is -3.07. The Morgan fingerprint density at radius 2 is 1.66 bits per heavy atom. The van der Waals surface area contributed by atoms with Crippen LogP contribution in [-0.4, -0.2) is 30.6 Å². The minimum Gasteiger partial charge on any atom is -0.493 e. The SMILES string of the molecule is CCCCCc1ccc(-c2cc3ccc(OCCCC(F)(F)CCCO)cc3oc2=O)c(OC(F)(F)F)c1. The molecule has 0 fully saturated rings. The van der Waals surface area contributed by atoms with Crippen LogP contribution in [0.4, 0.5) is 22.0 Å². The molecule has 0 bridgehead atoms. The molecule has 0 radical (unpaired) electrons. The van der Waals surface area contributed by atoms with Crippen molar-refractivity contribution >= 4 is 11.0 Å². The summed E-state index contributed by atoms with van der Waals surface area (Å²) in [6.45, 7) is 1.74. The van der Waals surface area contributed by atoms with Crippen LogP contribution in [0.25, 0.3) is 22.1 Å². The Morgan fingerprint density at radius 1 is 0.895 bits per heavy atom. The van der Waals surface area contributed by atoms with Crippen LogP contribution in [0, 0.1) is 0 Å². The average molecular weight is 543 g/mol. The summed E-state index contributed by atoms with van der Waals surface area (Å²) in [5.41, 5.74) is -0.183. The van der Waals surface area contributed by atoms with Gasteiger partial charge in [-0.25, -0.2) is 13.6 Å². The predicted molar refractivity (Wildman–Crippen MR) is 134 cm³/mol. The fraction of sp³-hybridized carbons (Fsp3) is 0.464. The molecular weight excluding hydrogens is 511 g/mol. The molecular formula is C28H31F5O5. The molecule has 5 nitrogen and oxygen atoms in total. The summed E-state index contributed by atoms with van der Waals surface area (Å²) >= 11 is 0. The van der Waals surface area contributed by atoms with E-state index in [1.807, 2.05) is 6.92 Å². The Balaban J connectivity index is 1.80. The Hall–Kier alpha value is -3.14. The van der Waals surface area contributed by atoms with Gasteiger partial charge in [0.05, 0.1) is 12.2 Å². The summed E-state index contributed by atoms with van der Waals surface area (Å²) in [6.07, 6.45) is -2.33. The first kappa shape index (κ1) is 29.4. The third-order valence-electron chi connectivity index (χ3n) is 5.99. The highest BCUT2D eigenvalue weighted by molar-refractivity contribution is 5.84. The first-order valence-corrected chi connectivity index (χ1v) is 12.6. The molecule has 1 N–H and O–H groups in total. The molecule has 0 unspecified atom stereocenters. The van der Waals surface area contributed by atoms with Crippen molar-refractivity contribution in [1.82, 2.24) is 0 Å². The van der Waals surface area contributed by atoms with E-state index in [9.17, 15) is 26.7 Å². The first-order valence-electron chi connectivity index (χ1n) is 12.6. The van der Waals surface area contributed by atoms with E-state index < -0.39 is 36.5 Å². The van der Waals surface area contributed by atoms with Crippen molar-refractivity contribution in [1.29, 1.82) is 0 Å². The van der Waals surface area contributed by atoms with Gasteiger partial charge >= 0.3 is 12.0 Å². The number of rotatable bonds is 14. The van der Waals surface area contributed by atoms with Gasteiger partial charge in [0.2, 0.25) is 5.92 Å². The van der Waals surface area contributed by atoms with E-state index in [1.165, 1.54) is 24.3 Å². The molecule has 0 aliphatic carbocycles. The summed E-state index contributed by atoms with van der Waals surface area (Å²) in [4.78, 5) is 12.8. The molecule has 3 rings (SSSR count). The van der Waals surface area contributed by atoms with Crippen molar-refractivity contribution in [2.75, 3.05) is 13.2 Å². The third-order valence-corrected chi connectivity index (χ3v) is 5.99. The maximum absolute atomic E-state index is 13.7. The lowest BCUT2D eigenvalue weighted by Crippen LogP contribution is -2.18. The van der Waals surface area contributed by atoms with E-state index in [1.54, 1.807) is 18.2 Å². The zero-order chi connectivity index (χ0) is 27.8. The van der Waals surface area contributed by atoms with Crippen LogP contribution >= 0.6 is 0 Å². The van der Waals surface area contributed by atoms with Crippen LogP contribution in [0.5, 0.6) is 11.5 Å². The Morgan fingerprint density at radius 3 is 2.37 bits per heavy atom. The van der Waals surface area contributed by atoms with Crippen LogP contribution in [0.1, 0.15) is 57.4 Å². The number of halogens is 5. The molecule has 0 saturated heterocycles. The fourth-order valence-corrected chi connectivity index (χ4v) is 4.09. The maximum Gasteiger partial charge on any atom is 0.573 e. The number of ether oxygens (including phenoxy) is 2. The van der Waals surface area contributed by atoms with E-state index in [0.29, 0.717) is 23.1 Å². The molecule has 0 saturated carbocycles. The van der Waals surface area contributed by atoms with Crippen molar-refractivity contribution in [2.24, 2.45) is 0 Å². The lowest BCUT2D eigenvalue weighted by atomic mass is 10.00. The van der Waals surface area contributed by atoms with Crippen molar-refractivity contribution < 1.29 is 40.9 Å². The van der Waals surface area contributed by atoms with Crippen molar-refractivity contribution in [3.63, 3.8) is 0 Å². The van der Waals surface area contributed by atoms with Gasteiger partial charge in [0.15, 0.2) is 0 Å². The van der Waals surface area contributed by atoms with Gasteiger partial charge in [-0.3, -0.25) is 0 Å². The quantitative estimate of drug-likeness (QED) is 0.129. The fourth-order valence-electron chi connectivity index (χ4n) is 4.09. The summed E-state index contributed by atoms with van der Waals surface area (Å²) in [6, 6.07) is 10.4. The number of aliphatic hydroxyl groups is 1. The number of aliphatic hydroxyl groups excluding tert-OH is 1. The van der Waals surface area contributed by atoms with Gasteiger partial charge in [-0.15, -0.1) is 13.2 Å². The zero-order valence-corrected chi connectivity index (χ0v) is 21.1. The predicted octanol–water partition coefficient (Wildman–Crippen LogP) is 7.66. The van der Waals surface area contributed by atoms with Crippen molar-refractivity contribution in [3.8, 4) is 22.6 Å². The van der Waals surface area contributed by atoms with Crippen LogP contribution in [0.15, 0.2) is 51.7 Å². The Bertz CT molecular complexity index is 1250. The van der Waals surface area contributed by atoms with E-state index >= 15 is 0 Å². The molecule has 2 aromatic carbocycles. The van der Waals surface area contributed by atoms with Gasteiger partial charge in [-0.1, -0.05) is 31.9 Å². The third kappa shape index (κ3) is 8.72. The number of alkyl halides is 5. The Kier molecular flexibility index (Phi) is 10.1. The maximum atomic E-state index is 13.7. The van der Waals surface area contributed by atoms with Gasteiger partial charge in [0.25, 0.3) is 0 Å². The van der Waals surface area contributed by atoms with E-state index in [4.69, 9.17) is 14.3 Å². The van der Waals surface area contributed by atoms with Crippen LogP contribution < -0.4 is 15.1 Å². The van der Waals surface area contributed by atoms with E-state index in [2.05, 4.69) is 4.74 Å². The molecule has 10 heteroatoms. The highest BCUT2D eigenvalue weighted by Gasteiger charge is 2.33. The Labute approximate surface area is 217 Å². The van der Waals surface area contributed by atoms with E-state index in [-0.39, 0.29) is 42.8 Å². The number of fused-ring (bicyclic) bond motifs is 1. The number of benzene rings is 2. The number of hydrogen-bond acceptors (Lipinski definition) is 5. The second-order valence-corrected chi connectivity index (χ2v) is 9.12. The molecule has 0 atom stereocenters. The van der Waals surface area contributed by atoms with Crippen LogP contribution in [0.3, 0.4) is 0 Å². The normalized spacial score (nSPS) is 12.2. The highest BCUT2D eigenvalue weighted by atomic mass is 19.4. The smallest absolute Gasteiger partial charge is 0.493 e. The molecule has 38 heavy (non-hydrogen) atoms. The lowest BCUT2D eigenvalue weighted by molar-refractivity contribution is -0.274. The molecule has 3 aromatic rings. The summed E-state index contributed by atoms with van der Waals surface area (Å²) in [5, 5.41) is 9.14. The molecule has 0 amide bonds. The zero-order valence-electron chi connectivity index (χ0n) is 21.1. The number of aryl methyl sites for hydroxylation is 1. The standard InChI is InChI=1S/C28H31F5O5/c1-2-3-4-7-19-8-11-22(25(16-19)38-28(31,32)33)23-17-20-9-10-21(18-24(20)37-26(23)35)36-15-6-13-27(29,30)12-5-14-34/h8-11,16-18,34H,2-7,12-15H2,1H3. The highest BCUT2D eigenvalue weighted by Crippen LogP contribution is 2.35. The largest absolute Gasteiger partial charge is 0.573 e. The first-order chi connectivity index (χ1) is 18.0. The second-order valence-electron chi connectivity index (χ2n) is 9.12. The van der Waals surface area contributed by atoms with E-state index in [0.717, 1.165) is 19.3 Å². The van der Waals surface area contributed by atoms with Gasteiger partial charge in [-0.05, 0) is 55.5 Å². The molecule has 1 heterocycles. The molecule has 0 aliphatic heterocycles. The van der Waals surface area contributed by atoms with Crippen molar-refractivity contribution in [3.05, 3.63) is 58.4 Å². The van der Waals surface area contributed by atoms with Gasteiger partial charge < -0.3 is 19.0 Å². The van der Waals surface area contributed by atoms with Gasteiger partial charge in [0, 0.05) is 36.5 Å². The summed E-state index contributed by atoms with van der Waals surface area (Å²) in [7, 11) is 0. The van der Waals surface area contributed by atoms with Gasteiger partial charge in [0.1, 0.15) is 17.1 Å². The average Bonchev–Trinajstić information content (AvgIpc) is 2.84. The summed E-state index contributed by atoms with van der Waals surface area (Å²) < 4.78 is 81.9. The second kappa shape index (κ2) is 13.1. The molecule has 0 spiro atoms. The number of hydrogen-bond donors (Lipinski definition) is 1. The number of unbranched alkanes of at least 4 members (excludes halogenated alkanes) is 2. The van der Waals surface area contributed by atoms with Crippen molar-refractivity contribution in [2.45, 2.75) is 70.6 Å². The minimum atomic E-state index is -4.94.